The van der Waals surface area contributed by atoms with Gasteiger partial charge in [-0.05, 0) is 12.8 Å². The number of nitrogens with two attached hydrogens (primary N) is 1. The minimum atomic E-state index is 0.00375. The first-order valence-corrected chi connectivity index (χ1v) is 4.76. The van der Waals surface area contributed by atoms with Gasteiger partial charge in [-0.1, -0.05) is 5.16 Å². The lowest BCUT2D eigenvalue weighted by Crippen LogP contribution is -2.51. The number of carbonyl (C=O) groups is 1. The first kappa shape index (κ1) is 9.11. The van der Waals surface area contributed by atoms with Crippen molar-refractivity contribution in [3.05, 3.63) is 0 Å². The van der Waals surface area contributed by atoms with E-state index < -0.39 is 0 Å². The van der Waals surface area contributed by atoms with E-state index in [9.17, 15) is 4.79 Å². The summed E-state index contributed by atoms with van der Waals surface area (Å²) in [7, 11) is 0. The number of hydrogen-bond acceptors (Lipinski definition) is 3. The molecule has 2 heterocycles. The molecular weight excluding hydrogens is 184 g/mol. The summed E-state index contributed by atoms with van der Waals surface area (Å²) in [5.74, 6) is 0.200. The zero-order chi connectivity index (χ0) is 10.1. The number of guanidine groups is 1. The standard InChI is InChI=1S/C8H14N4O2/c9-8(11-14)12-3-1-2-5-6(12)4-10-7(5)13/h5-6,14H,1-4H2,(H2,9,11)(H,10,13). The van der Waals surface area contributed by atoms with Gasteiger partial charge in [0.15, 0.2) is 0 Å². The predicted molar refractivity (Wildman–Crippen MR) is 49.6 cm³/mol. The molecule has 2 unspecified atom stereocenters. The molecule has 2 saturated heterocycles. The van der Waals surface area contributed by atoms with Crippen LogP contribution in [0.2, 0.25) is 0 Å². The lowest BCUT2D eigenvalue weighted by molar-refractivity contribution is -0.123. The summed E-state index contributed by atoms with van der Waals surface area (Å²) in [4.78, 5) is 13.2. The molecule has 6 heteroatoms. The van der Waals surface area contributed by atoms with Crippen LogP contribution < -0.4 is 11.1 Å². The van der Waals surface area contributed by atoms with Gasteiger partial charge in [0, 0.05) is 13.1 Å². The van der Waals surface area contributed by atoms with Gasteiger partial charge in [-0.15, -0.1) is 0 Å². The summed E-state index contributed by atoms with van der Waals surface area (Å²) in [5, 5.41) is 14.4. The summed E-state index contributed by atoms with van der Waals surface area (Å²) >= 11 is 0. The maximum atomic E-state index is 11.4. The molecule has 0 radical (unpaired) electrons. The lowest BCUT2D eigenvalue weighted by atomic mass is 9.92. The molecule has 14 heavy (non-hydrogen) atoms. The number of fused-ring (bicyclic) bond motifs is 1. The van der Waals surface area contributed by atoms with E-state index >= 15 is 0 Å². The molecule has 0 aromatic heterocycles. The second kappa shape index (κ2) is 3.36. The van der Waals surface area contributed by atoms with Crippen molar-refractivity contribution in [3.8, 4) is 0 Å². The van der Waals surface area contributed by atoms with Gasteiger partial charge in [0.1, 0.15) is 0 Å². The summed E-state index contributed by atoms with van der Waals surface area (Å²) in [5.41, 5.74) is 5.54. The molecule has 4 N–H and O–H groups in total. The molecule has 1 amide bonds. The van der Waals surface area contributed by atoms with Crippen molar-refractivity contribution in [1.29, 1.82) is 0 Å². The Morgan fingerprint density at radius 1 is 1.71 bits per heavy atom. The van der Waals surface area contributed by atoms with E-state index in [0.717, 1.165) is 19.4 Å². The molecule has 2 rings (SSSR count). The van der Waals surface area contributed by atoms with Crippen LogP contribution in [-0.4, -0.2) is 41.1 Å². The predicted octanol–water partition coefficient (Wildman–Crippen LogP) is -1.10. The SMILES string of the molecule is NC(=NO)N1CCCC2C(=O)NCC21. The number of nitrogens with one attached hydrogen (secondary N) is 1. The number of rotatable bonds is 0. The molecule has 0 saturated carbocycles. The van der Waals surface area contributed by atoms with E-state index in [4.69, 9.17) is 10.9 Å². The minimum absolute atomic E-state index is 0.00375. The number of piperidine rings is 1. The fraction of sp³-hybridized carbons (Fsp3) is 0.750. The van der Waals surface area contributed by atoms with Crippen molar-refractivity contribution in [2.75, 3.05) is 13.1 Å². The normalized spacial score (nSPS) is 32.7. The Hall–Kier alpha value is -1.46. The Kier molecular flexibility index (Phi) is 2.18. The van der Waals surface area contributed by atoms with E-state index in [2.05, 4.69) is 10.5 Å². The second-order valence-corrected chi connectivity index (χ2v) is 3.71. The Labute approximate surface area is 81.7 Å². The minimum Gasteiger partial charge on any atom is -0.408 e. The Balaban J connectivity index is 2.16. The molecule has 0 spiro atoms. The third-order valence-electron chi connectivity index (χ3n) is 3.00. The smallest absolute Gasteiger partial charge is 0.233 e. The summed E-state index contributed by atoms with van der Waals surface area (Å²) < 4.78 is 0. The zero-order valence-electron chi connectivity index (χ0n) is 7.81. The molecule has 2 fully saturated rings. The molecule has 0 aliphatic carbocycles. The first-order chi connectivity index (χ1) is 6.74. The Morgan fingerprint density at radius 2 is 2.50 bits per heavy atom. The first-order valence-electron chi connectivity index (χ1n) is 4.76. The average Bonchev–Trinajstić information content (AvgIpc) is 2.59. The maximum absolute atomic E-state index is 11.4. The van der Waals surface area contributed by atoms with E-state index in [1.54, 1.807) is 4.90 Å². The van der Waals surface area contributed by atoms with Gasteiger partial charge in [-0.3, -0.25) is 4.79 Å². The molecule has 0 aromatic rings. The van der Waals surface area contributed by atoms with Gasteiger partial charge < -0.3 is 21.2 Å². The summed E-state index contributed by atoms with van der Waals surface area (Å²) in [6.45, 7) is 1.35. The topological polar surface area (TPSA) is 91.0 Å². The number of amides is 1. The van der Waals surface area contributed by atoms with Crippen LogP contribution in [0, 0.1) is 5.92 Å². The van der Waals surface area contributed by atoms with Crippen molar-refractivity contribution in [2.45, 2.75) is 18.9 Å². The van der Waals surface area contributed by atoms with Gasteiger partial charge >= 0.3 is 0 Å². The highest BCUT2D eigenvalue weighted by Gasteiger charge is 2.41. The van der Waals surface area contributed by atoms with Crippen LogP contribution in [0.4, 0.5) is 0 Å². The van der Waals surface area contributed by atoms with Gasteiger partial charge in [0.25, 0.3) is 0 Å². The number of nitrogens with zero attached hydrogens (tertiary/aromatic N) is 2. The fourth-order valence-electron chi connectivity index (χ4n) is 2.29. The molecule has 2 aliphatic rings. The molecule has 0 bridgehead atoms. The van der Waals surface area contributed by atoms with Crippen LogP contribution in [0.1, 0.15) is 12.8 Å². The van der Waals surface area contributed by atoms with Crippen LogP contribution in [0.3, 0.4) is 0 Å². The molecule has 2 aliphatic heterocycles. The van der Waals surface area contributed by atoms with Gasteiger partial charge in [-0.2, -0.15) is 0 Å². The third kappa shape index (κ3) is 1.26. The van der Waals surface area contributed by atoms with Crippen molar-refractivity contribution in [1.82, 2.24) is 10.2 Å². The Morgan fingerprint density at radius 3 is 3.21 bits per heavy atom. The van der Waals surface area contributed by atoms with Crippen LogP contribution in [0.15, 0.2) is 5.16 Å². The van der Waals surface area contributed by atoms with Gasteiger partial charge in [-0.25, -0.2) is 0 Å². The third-order valence-corrected chi connectivity index (χ3v) is 3.00. The van der Waals surface area contributed by atoms with Crippen molar-refractivity contribution in [3.63, 3.8) is 0 Å². The van der Waals surface area contributed by atoms with Gasteiger partial charge in [0.2, 0.25) is 11.9 Å². The molecular formula is C8H14N4O2. The van der Waals surface area contributed by atoms with E-state index in [0.29, 0.717) is 6.54 Å². The number of hydrogen-bond donors (Lipinski definition) is 3. The number of carbonyl (C=O) groups excluding carboxylic acids is 1. The highest BCUT2D eigenvalue weighted by molar-refractivity contribution is 5.85. The van der Waals surface area contributed by atoms with Crippen LogP contribution in [0.25, 0.3) is 0 Å². The molecule has 78 valence electrons. The maximum Gasteiger partial charge on any atom is 0.233 e. The molecule has 6 nitrogen and oxygen atoms in total. The Bertz CT molecular complexity index is 279. The van der Waals surface area contributed by atoms with Crippen LogP contribution in [0.5, 0.6) is 0 Å². The van der Waals surface area contributed by atoms with Gasteiger partial charge in [0.05, 0.1) is 12.0 Å². The van der Waals surface area contributed by atoms with Crippen LogP contribution >= 0.6 is 0 Å². The second-order valence-electron chi connectivity index (χ2n) is 3.71. The van der Waals surface area contributed by atoms with Crippen molar-refractivity contribution < 1.29 is 10.0 Å². The van der Waals surface area contributed by atoms with E-state index in [1.807, 2.05) is 0 Å². The lowest BCUT2D eigenvalue weighted by Gasteiger charge is -2.35. The largest absolute Gasteiger partial charge is 0.408 e. The average molecular weight is 198 g/mol. The number of oxime groups is 1. The van der Waals surface area contributed by atoms with Crippen molar-refractivity contribution in [2.24, 2.45) is 16.8 Å². The quantitative estimate of drug-likeness (QED) is 0.199. The summed E-state index contributed by atoms with van der Waals surface area (Å²) in [6, 6.07) is 0.0622. The molecule has 2 atom stereocenters. The summed E-state index contributed by atoms with van der Waals surface area (Å²) in [6.07, 6.45) is 1.80. The monoisotopic (exact) mass is 198 g/mol. The van der Waals surface area contributed by atoms with E-state index in [-0.39, 0.29) is 23.8 Å². The van der Waals surface area contributed by atoms with E-state index in [1.165, 1.54) is 0 Å². The van der Waals surface area contributed by atoms with Crippen molar-refractivity contribution >= 4 is 11.9 Å². The molecule has 0 aromatic carbocycles. The van der Waals surface area contributed by atoms with Crippen LogP contribution in [-0.2, 0) is 4.79 Å². The fourth-order valence-corrected chi connectivity index (χ4v) is 2.29. The highest BCUT2D eigenvalue weighted by atomic mass is 16.4. The zero-order valence-corrected chi connectivity index (χ0v) is 7.81. The highest BCUT2D eigenvalue weighted by Crippen LogP contribution is 2.26. The number of likely N-dealkylation sites (tertiary alicyclic amines) is 1.